The van der Waals surface area contributed by atoms with Crippen molar-refractivity contribution in [3.8, 4) is 28.8 Å². The van der Waals surface area contributed by atoms with Crippen molar-refractivity contribution in [3.05, 3.63) is 48.7 Å². The Bertz CT molecular complexity index is 1770. The van der Waals surface area contributed by atoms with Gasteiger partial charge in [0, 0.05) is 50.4 Å². The molecule has 1 aromatic carbocycles. The van der Waals surface area contributed by atoms with Gasteiger partial charge in [-0.1, -0.05) is 6.07 Å². The number of tetrazole rings is 1. The van der Waals surface area contributed by atoms with Crippen LogP contribution in [-0.4, -0.2) is 101 Å². The lowest BCUT2D eigenvalue weighted by molar-refractivity contribution is -0.154. The van der Waals surface area contributed by atoms with E-state index in [0.29, 0.717) is 54.4 Å². The molecule has 270 valence electrons. The van der Waals surface area contributed by atoms with Crippen LogP contribution in [0.1, 0.15) is 71.4 Å². The predicted octanol–water partition coefficient (Wildman–Crippen LogP) is 4.34. The van der Waals surface area contributed by atoms with Gasteiger partial charge >= 0.3 is 5.97 Å². The van der Waals surface area contributed by atoms with Crippen molar-refractivity contribution in [2.75, 3.05) is 38.2 Å². The summed E-state index contributed by atoms with van der Waals surface area (Å²) in [6, 6.07) is 8.37. The number of carbonyl (C=O) groups excluding carboxylic acids is 1. The lowest BCUT2D eigenvalue weighted by Gasteiger charge is -2.38. The highest BCUT2D eigenvalue weighted by atomic mass is 16.6. The van der Waals surface area contributed by atoms with E-state index in [-0.39, 0.29) is 18.1 Å². The molecule has 2 fully saturated rings. The Morgan fingerprint density at radius 3 is 2.55 bits per heavy atom. The summed E-state index contributed by atoms with van der Waals surface area (Å²) >= 11 is 0. The standard InChI is InChI=1S/C35H45N11O5/c1-24(21-45-23-39-42-43-45)50-32-17-26(5-6-27(32)18-36)28-19-37-34(38-20-28)40-31-22-46(41-33(31)49-14-11-35(3,4)51-25(2)47)30-9-7-29(8-10-30)44-12-15-48-16-13-44/h5-6,17,19-20,22-24,29-30H,7-16,21H2,1-4H3,(H,37,38,40)/t24-,29?,30?/m0/s1. The van der Waals surface area contributed by atoms with Crippen LogP contribution in [-0.2, 0) is 20.8 Å². The summed E-state index contributed by atoms with van der Waals surface area (Å²) in [6.07, 6.45) is 11.3. The zero-order valence-corrected chi connectivity index (χ0v) is 29.6. The fourth-order valence-corrected chi connectivity index (χ4v) is 6.55. The number of benzene rings is 1. The van der Waals surface area contributed by atoms with Crippen LogP contribution in [0.25, 0.3) is 11.1 Å². The molecule has 3 aromatic heterocycles. The Kier molecular flexibility index (Phi) is 11.4. The molecule has 0 spiro atoms. The molecular weight excluding hydrogens is 654 g/mol. The minimum Gasteiger partial charge on any atom is -0.487 e. The Labute approximate surface area is 297 Å². The van der Waals surface area contributed by atoms with Crippen molar-refractivity contribution in [2.24, 2.45) is 0 Å². The van der Waals surface area contributed by atoms with E-state index in [1.807, 2.05) is 43.8 Å². The van der Waals surface area contributed by atoms with E-state index in [1.54, 1.807) is 23.1 Å². The topological polar surface area (TPSA) is 180 Å². The molecule has 1 saturated carbocycles. The molecule has 0 amide bonds. The fourth-order valence-electron chi connectivity index (χ4n) is 6.55. The summed E-state index contributed by atoms with van der Waals surface area (Å²) in [5.74, 6) is 0.920. The number of nitriles is 1. The third-order valence-electron chi connectivity index (χ3n) is 9.16. The molecule has 0 unspecified atom stereocenters. The molecule has 0 radical (unpaired) electrons. The first-order valence-corrected chi connectivity index (χ1v) is 17.4. The molecule has 0 bridgehead atoms. The van der Waals surface area contributed by atoms with Gasteiger partial charge in [0.25, 0.3) is 5.88 Å². The first kappa shape index (κ1) is 35.7. The molecule has 4 aromatic rings. The number of anilines is 2. The van der Waals surface area contributed by atoms with Crippen molar-refractivity contribution < 1.29 is 23.7 Å². The lowest BCUT2D eigenvalue weighted by Crippen LogP contribution is -2.45. The van der Waals surface area contributed by atoms with Crippen molar-refractivity contribution in [3.63, 3.8) is 0 Å². The van der Waals surface area contributed by atoms with Crippen LogP contribution in [0.15, 0.2) is 43.1 Å². The number of nitrogens with zero attached hydrogens (tertiary/aromatic N) is 10. The maximum absolute atomic E-state index is 11.6. The number of carbonyl (C=O) groups is 1. The first-order chi connectivity index (χ1) is 24.7. The maximum atomic E-state index is 11.6. The van der Waals surface area contributed by atoms with Crippen molar-refractivity contribution in [2.45, 2.75) is 90.1 Å². The summed E-state index contributed by atoms with van der Waals surface area (Å²) in [7, 11) is 0. The van der Waals surface area contributed by atoms with Gasteiger partial charge in [-0.15, -0.1) is 10.2 Å². The third-order valence-corrected chi connectivity index (χ3v) is 9.16. The average molecular weight is 700 g/mol. The SMILES string of the molecule is CC(=O)OC(C)(C)CCOc1nn(C2CCC(N3CCOCC3)CC2)cc1Nc1ncc(-c2ccc(C#N)c(O[C@@H](C)Cn3cnnn3)c2)cn1. The average Bonchev–Trinajstić information content (AvgIpc) is 3.78. The molecule has 1 saturated heterocycles. The number of hydrogen-bond acceptors (Lipinski definition) is 14. The molecular formula is C35H45N11O5. The van der Waals surface area contributed by atoms with Gasteiger partial charge in [-0.2, -0.15) is 5.26 Å². The van der Waals surface area contributed by atoms with E-state index in [1.165, 1.54) is 13.3 Å². The molecule has 4 heterocycles. The smallest absolute Gasteiger partial charge is 0.303 e. The van der Waals surface area contributed by atoms with Gasteiger partial charge in [0.05, 0.1) is 44.2 Å². The van der Waals surface area contributed by atoms with E-state index in [0.717, 1.165) is 63.1 Å². The van der Waals surface area contributed by atoms with Crippen LogP contribution < -0.4 is 14.8 Å². The Morgan fingerprint density at radius 1 is 1.12 bits per heavy atom. The van der Waals surface area contributed by atoms with Gasteiger partial charge in [-0.05, 0) is 74.6 Å². The summed E-state index contributed by atoms with van der Waals surface area (Å²) < 4.78 is 26.9. The molecule has 51 heavy (non-hydrogen) atoms. The highest BCUT2D eigenvalue weighted by molar-refractivity contribution is 5.67. The molecule has 1 atom stereocenters. The second kappa shape index (κ2) is 16.3. The van der Waals surface area contributed by atoms with Crippen molar-refractivity contribution in [1.82, 2.24) is 44.9 Å². The van der Waals surface area contributed by atoms with Gasteiger partial charge < -0.3 is 24.3 Å². The highest BCUT2D eigenvalue weighted by Crippen LogP contribution is 2.35. The number of ether oxygens (including phenoxy) is 4. The van der Waals surface area contributed by atoms with E-state index in [4.69, 9.17) is 24.0 Å². The Morgan fingerprint density at radius 2 is 1.86 bits per heavy atom. The molecule has 1 aliphatic carbocycles. The second-order valence-corrected chi connectivity index (χ2v) is 13.6. The van der Waals surface area contributed by atoms with Crippen LogP contribution in [0, 0.1) is 11.3 Å². The van der Waals surface area contributed by atoms with Gasteiger partial charge in [0.1, 0.15) is 35.5 Å². The van der Waals surface area contributed by atoms with E-state index in [2.05, 4.69) is 41.8 Å². The van der Waals surface area contributed by atoms with Crippen molar-refractivity contribution >= 4 is 17.6 Å². The normalized spacial score (nSPS) is 18.8. The summed E-state index contributed by atoms with van der Waals surface area (Å²) in [4.78, 5) is 23.3. The largest absolute Gasteiger partial charge is 0.487 e. The number of rotatable bonds is 14. The van der Waals surface area contributed by atoms with Crippen molar-refractivity contribution in [1.29, 1.82) is 5.26 Å². The Hall–Kier alpha value is -5.14. The monoisotopic (exact) mass is 699 g/mol. The van der Waals surface area contributed by atoms with Gasteiger partial charge in [0.2, 0.25) is 5.95 Å². The minimum atomic E-state index is -0.679. The number of aromatic nitrogens is 8. The predicted molar refractivity (Wildman–Crippen MR) is 185 cm³/mol. The minimum absolute atomic E-state index is 0.240. The molecule has 2 aliphatic rings. The quantitative estimate of drug-likeness (QED) is 0.184. The van der Waals surface area contributed by atoms with Crippen LogP contribution in [0.2, 0.25) is 0 Å². The summed E-state index contributed by atoms with van der Waals surface area (Å²) in [5.41, 5.74) is 1.93. The van der Waals surface area contributed by atoms with Gasteiger partial charge in [0.15, 0.2) is 0 Å². The van der Waals surface area contributed by atoms with Crippen LogP contribution in [0.4, 0.5) is 11.6 Å². The summed E-state index contributed by atoms with van der Waals surface area (Å²) in [6.45, 7) is 11.3. The fraction of sp³-hybridized carbons (Fsp3) is 0.543. The molecule has 1 aliphatic heterocycles. The lowest BCUT2D eigenvalue weighted by atomic mass is 9.90. The van der Waals surface area contributed by atoms with Crippen LogP contribution in [0.5, 0.6) is 11.6 Å². The van der Waals surface area contributed by atoms with Gasteiger partial charge in [-0.25, -0.2) is 14.6 Å². The molecule has 16 heteroatoms. The first-order valence-electron chi connectivity index (χ1n) is 17.4. The van der Waals surface area contributed by atoms with E-state index < -0.39 is 5.60 Å². The zero-order valence-electron chi connectivity index (χ0n) is 29.6. The second-order valence-electron chi connectivity index (χ2n) is 13.6. The number of hydrogen-bond donors (Lipinski definition) is 1. The number of morpholine rings is 1. The molecule has 6 rings (SSSR count). The zero-order chi connectivity index (χ0) is 35.8. The number of nitrogens with one attached hydrogen (secondary N) is 1. The van der Waals surface area contributed by atoms with E-state index >= 15 is 0 Å². The summed E-state index contributed by atoms with van der Waals surface area (Å²) in [5, 5.41) is 29.0. The molecule has 16 nitrogen and oxygen atoms in total. The molecule has 1 N–H and O–H groups in total. The third kappa shape index (κ3) is 9.56. The van der Waals surface area contributed by atoms with Gasteiger partial charge in [-0.3, -0.25) is 14.4 Å². The van der Waals surface area contributed by atoms with Crippen LogP contribution >= 0.6 is 0 Å². The Balaban J connectivity index is 1.15. The number of esters is 1. The maximum Gasteiger partial charge on any atom is 0.303 e. The van der Waals surface area contributed by atoms with E-state index in [9.17, 15) is 10.1 Å². The van der Waals surface area contributed by atoms with Crippen LogP contribution in [0.3, 0.4) is 0 Å². The highest BCUT2D eigenvalue weighted by Gasteiger charge is 2.29.